The Morgan fingerprint density at radius 1 is 1.45 bits per heavy atom. The molecule has 1 atom stereocenters. The summed E-state index contributed by atoms with van der Waals surface area (Å²) in [5, 5.41) is 9.53. The smallest absolute Gasteiger partial charge is 0.0701 e. The third-order valence-corrected chi connectivity index (χ3v) is 4.03. The molecule has 20 heavy (non-hydrogen) atoms. The monoisotopic (exact) mass is 298 g/mol. The Bertz CT molecular complexity index is 432. The highest BCUT2D eigenvalue weighted by molar-refractivity contribution is 6.33. The van der Waals surface area contributed by atoms with Crippen molar-refractivity contribution in [2.75, 3.05) is 31.2 Å². The molecular formula is C15H23ClN2O2. The minimum atomic E-state index is -0.000770. The molecule has 0 unspecified atom stereocenters. The Kier molecular flexibility index (Phi) is 5.66. The Hall–Kier alpha value is -0.810. The van der Waals surface area contributed by atoms with Crippen molar-refractivity contribution in [3.63, 3.8) is 0 Å². The van der Waals surface area contributed by atoms with Gasteiger partial charge in [0.05, 0.1) is 30.0 Å². The molecule has 1 aromatic rings. The van der Waals surface area contributed by atoms with E-state index in [1.54, 1.807) is 0 Å². The highest BCUT2D eigenvalue weighted by Gasteiger charge is 2.21. The molecule has 0 spiro atoms. The second-order valence-corrected chi connectivity index (χ2v) is 5.69. The van der Waals surface area contributed by atoms with E-state index >= 15 is 0 Å². The molecule has 1 heterocycles. The summed E-state index contributed by atoms with van der Waals surface area (Å²) in [7, 11) is 0. The van der Waals surface area contributed by atoms with Gasteiger partial charge in [0, 0.05) is 19.1 Å². The second kappa shape index (κ2) is 7.27. The van der Waals surface area contributed by atoms with Gasteiger partial charge < -0.3 is 20.5 Å². The van der Waals surface area contributed by atoms with Gasteiger partial charge in [0.15, 0.2) is 0 Å². The van der Waals surface area contributed by atoms with E-state index in [1.165, 1.54) is 0 Å². The third-order valence-electron chi connectivity index (χ3n) is 3.73. The summed E-state index contributed by atoms with van der Waals surface area (Å²) in [6.07, 6.45) is 2.18. The minimum Gasteiger partial charge on any atom is -0.394 e. The molecule has 1 saturated heterocycles. The van der Waals surface area contributed by atoms with Crippen LogP contribution in [-0.4, -0.2) is 37.5 Å². The lowest BCUT2D eigenvalue weighted by atomic mass is 10.0. The van der Waals surface area contributed by atoms with Crippen LogP contribution in [0.25, 0.3) is 0 Å². The average Bonchev–Trinajstić information content (AvgIpc) is 2.45. The number of hydrogen-bond donors (Lipinski definition) is 2. The van der Waals surface area contributed by atoms with E-state index in [9.17, 15) is 0 Å². The molecule has 1 aliphatic rings. The van der Waals surface area contributed by atoms with E-state index in [-0.39, 0.29) is 18.8 Å². The molecule has 0 aromatic heterocycles. The summed E-state index contributed by atoms with van der Waals surface area (Å²) < 4.78 is 5.57. The maximum absolute atomic E-state index is 8.77. The van der Waals surface area contributed by atoms with Crippen LogP contribution >= 0.6 is 11.6 Å². The normalized spacial score (nSPS) is 18.3. The van der Waals surface area contributed by atoms with Crippen molar-refractivity contribution >= 4 is 17.3 Å². The number of hydrogen-bond acceptors (Lipinski definition) is 4. The Labute approximate surface area is 125 Å². The number of piperidine rings is 1. The first-order valence-corrected chi connectivity index (χ1v) is 7.52. The van der Waals surface area contributed by atoms with Crippen LogP contribution in [0.4, 0.5) is 5.69 Å². The Balaban J connectivity index is 1.96. The fourth-order valence-electron chi connectivity index (χ4n) is 2.55. The van der Waals surface area contributed by atoms with Gasteiger partial charge in [0.1, 0.15) is 0 Å². The van der Waals surface area contributed by atoms with Crippen LogP contribution in [-0.2, 0) is 4.74 Å². The van der Waals surface area contributed by atoms with Gasteiger partial charge in [-0.1, -0.05) is 17.7 Å². The lowest BCUT2D eigenvalue weighted by Crippen LogP contribution is -2.37. The first kappa shape index (κ1) is 15.6. The zero-order chi connectivity index (χ0) is 14.5. The largest absolute Gasteiger partial charge is 0.394 e. The van der Waals surface area contributed by atoms with Crippen molar-refractivity contribution in [1.82, 2.24) is 0 Å². The number of rotatable bonds is 5. The predicted octanol–water partition coefficient (Wildman–Crippen LogP) is 2.34. The maximum atomic E-state index is 8.77. The summed E-state index contributed by atoms with van der Waals surface area (Å²) in [5.41, 5.74) is 7.99. The van der Waals surface area contributed by atoms with E-state index < -0.39 is 0 Å². The molecule has 1 fully saturated rings. The first-order valence-electron chi connectivity index (χ1n) is 7.14. The van der Waals surface area contributed by atoms with E-state index in [0.29, 0.717) is 6.61 Å². The fraction of sp³-hybridized carbons (Fsp3) is 0.600. The minimum absolute atomic E-state index is 0.000770. The quantitative estimate of drug-likeness (QED) is 0.876. The molecule has 3 N–H and O–H groups in total. The average molecular weight is 299 g/mol. The van der Waals surface area contributed by atoms with Crippen molar-refractivity contribution in [1.29, 1.82) is 0 Å². The summed E-state index contributed by atoms with van der Waals surface area (Å²) in [6.45, 7) is 4.31. The van der Waals surface area contributed by atoms with E-state index in [0.717, 1.165) is 42.2 Å². The van der Waals surface area contributed by atoms with Crippen molar-refractivity contribution < 1.29 is 9.84 Å². The van der Waals surface area contributed by atoms with Gasteiger partial charge in [-0.3, -0.25) is 0 Å². The number of ether oxygens (including phenoxy) is 1. The standard InChI is InChI=1S/C15H23ClN2O2/c1-11(17)12-2-3-15(14(16)10-12)18-6-4-13(5-7-18)20-9-8-19/h2-3,10-11,13,19H,4-9,17H2,1H3/t11-/m0/s1. The van der Waals surface area contributed by atoms with Crippen molar-refractivity contribution in [2.24, 2.45) is 5.73 Å². The number of nitrogens with zero attached hydrogens (tertiary/aromatic N) is 1. The second-order valence-electron chi connectivity index (χ2n) is 5.28. The molecule has 0 saturated carbocycles. The fourth-order valence-corrected chi connectivity index (χ4v) is 2.85. The molecule has 4 nitrogen and oxygen atoms in total. The van der Waals surface area contributed by atoms with Crippen LogP contribution in [0.2, 0.25) is 5.02 Å². The van der Waals surface area contributed by atoms with Crippen LogP contribution in [0.1, 0.15) is 31.4 Å². The van der Waals surface area contributed by atoms with Gasteiger partial charge in [-0.15, -0.1) is 0 Å². The number of aliphatic hydroxyl groups is 1. The SMILES string of the molecule is C[C@H](N)c1ccc(N2CCC(OCCO)CC2)c(Cl)c1. The molecule has 1 aliphatic heterocycles. The summed E-state index contributed by atoms with van der Waals surface area (Å²) >= 11 is 6.37. The van der Waals surface area contributed by atoms with E-state index in [4.69, 9.17) is 27.2 Å². The first-order chi connectivity index (χ1) is 9.61. The van der Waals surface area contributed by atoms with Crippen molar-refractivity contribution in [3.05, 3.63) is 28.8 Å². The van der Waals surface area contributed by atoms with Gasteiger partial charge in [-0.05, 0) is 37.5 Å². The molecule has 112 valence electrons. The van der Waals surface area contributed by atoms with Crippen molar-refractivity contribution in [2.45, 2.75) is 31.9 Å². The number of anilines is 1. The third kappa shape index (κ3) is 3.85. The van der Waals surface area contributed by atoms with E-state index in [1.807, 2.05) is 19.1 Å². The summed E-state index contributed by atoms with van der Waals surface area (Å²) in [4.78, 5) is 2.28. The molecule has 1 aromatic carbocycles. The highest BCUT2D eigenvalue weighted by Crippen LogP contribution is 2.30. The summed E-state index contributed by atoms with van der Waals surface area (Å²) in [5.74, 6) is 0. The lowest BCUT2D eigenvalue weighted by Gasteiger charge is -2.34. The molecule has 0 amide bonds. The van der Waals surface area contributed by atoms with Gasteiger partial charge in [0.2, 0.25) is 0 Å². The highest BCUT2D eigenvalue weighted by atomic mass is 35.5. The van der Waals surface area contributed by atoms with E-state index in [2.05, 4.69) is 11.0 Å². The zero-order valence-electron chi connectivity index (χ0n) is 11.9. The molecular weight excluding hydrogens is 276 g/mol. The molecule has 5 heteroatoms. The lowest BCUT2D eigenvalue weighted by molar-refractivity contribution is 0.0159. The molecule has 0 radical (unpaired) electrons. The van der Waals surface area contributed by atoms with Crippen LogP contribution in [0.5, 0.6) is 0 Å². The zero-order valence-corrected chi connectivity index (χ0v) is 12.6. The summed E-state index contributed by atoms with van der Waals surface area (Å²) in [6, 6.07) is 6.05. The van der Waals surface area contributed by atoms with Crippen LogP contribution in [0.15, 0.2) is 18.2 Å². The maximum Gasteiger partial charge on any atom is 0.0701 e. The molecule has 0 bridgehead atoms. The number of nitrogens with two attached hydrogens (primary N) is 1. The van der Waals surface area contributed by atoms with Gasteiger partial charge in [0.25, 0.3) is 0 Å². The van der Waals surface area contributed by atoms with Gasteiger partial charge >= 0.3 is 0 Å². The van der Waals surface area contributed by atoms with Gasteiger partial charge in [-0.2, -0.15) is 0 Å². The molecule has 2 rings (SSSR count). The number of halogens is 1. The van der Waals surface area contributed by atoms with Crippen molar-refractivity contribution in [3.8, 4) is 0 Å². The Morgan fingerprint density at radius 3 is 2.70 bits per heavy atom. The number of benzene rings is 1. The topological polar surface area (TPSA) is 58.7 Å². The van der Waals surface area contributed by atoms with Gasteiger partial charge in [-0.25, -0.2) is 0 Å². The molecule has 0 aliphatic carbocycles. The number of aliphatic hydroxyl groups excluding tert-OH is 1. The predicted molar refractivity (Wildman–Crippen MR) is 82.3 cm³/mol. The Morgan fingerprint density at radius 2 is 2.15 bits per heavy atom. The van der Waals surface area contributed by atoms with Crippen LogP contribution in [0.3, 0.4) is 0 Å². The van der Waals surface area contributed by atoms with Crippen LogP contribution in [0, 0.1) is 0 Å². The van der Waals surface area contributed by atoms with Crippen LogP contribution < -0.4 is 10.6 Å².